The number of fused-ring (bicyclic) bond motifs is 1. The molecule has 0 aliphatic rings. The lowest BCUT2D eigenvalue weighted by atomic mass is 10.0. The Morgan fingerprint density at radius 3 is 2.17 bits per heavy atom. The van der Waals surface area contributed by atoms with Gasteiger partial charge >= 0.3 is 12.5 Å². The third-order valence-electron chi connectivity index (χ3n) is 4.93. The van der Waals surface area contributed by atoms with E-state index in [-0.39, 0.29) is 22.6 Å². The van der Waals surface area contributed by atoms with Crippen LogP contribution in [0.5, 0.6) is 11.5 Å². The van der Waals surface area contributed by atoms with Crippen molar-refractivity contribution in [3.05, 3.63) is 71.3 Å². The van der Waals surface area contributed by atoms with Gasteiger partial charge in [0.1, 0.15) is 18.0 Å². The lowest BCUT2D eigenvalue weighted by molar-refractivity contribution is -0.274. The zero-order chi connectivity index (χ0) is 26.1. The Hall–Kier alpha value is -4.29. The molecule has 0 saturated heterocycles. The Balaban J connectivity index is 1.88. The summed E-state index contributed by atoms with van der Waals surface area (Å²) >= 11 is 0. The summed E-state index contributed by atoms with van der Waals surface area (Å²) in [6.45, 7) is -1.40. The molecular formula is C23H16F6N4O3. The van der Waals surface area contributed by atoms with Crippen molar-refractivity contribution in [2.75, 3.05) is 19.0 Å². The molecule has 2 aromatic heterocycles. The molecule has 0 aliphatic heterocycles. The fourth-order valence-electron chi connectivity index (χ4n) is 3.39. The van der Waals surface area contributed by atoms with E-state index >= 15 is 0 Å². The molecular weight excluding hydrogens is 494 g/mol. The molecule has 4 aromatic rings. The molecule has 2 aromatic carbocycles. The summed E-state index contributed by atoms with van der Waals surface area (Å²) < 4.78 is 85.8. The largest absolute Gasteiger partial charge is 0.573 e. The molecule has 188 valence electrons. The van der Waals surface area contributed by atoms with Crippen LogP contribution in [0, 0.1) is 0 Å². The number of aromatic nitrogens is 3. The number of anilines is 1. The second kappa shape index (κ2) is 9.40. The quantitative estimate of drug-likeness (QED) is 0.354. The van der Waals surface area contributed by atoms with Crippen molar-refractivity contribution in [1.29, 1.82) is 0 Å². The molecule has 0 spiro atoms. The molecule has 4 rings (SSSR count). The summed E-state index contributed by atoms with van der Waals surface area (Å²) in [5.74, 6) is -0.347. The van der Waals surface area contributed by atoms with Gasteiger partial charge in [0.25, 0.3) is 5.56 Å². The van der Waals surface area contributed by atoms with Crippen LogP contribution in [0.4, 0.5) is 32.3 Å². The average Bonchev–Trinajstić information content (AvgIpc) is 2.82. The third kappa shape index (κ3) is 5.67. The Kier molecular flexibility index (Phi) is 6.48. The SMILES string of the molecule is COc1ccc(-n2cc3cnc(NCC(F)(F)F)nc3c(-c3ccc(OC(F)(F)F)cc3)c2=O)cc1. The number of hydrogen-bond acceptors (Lipinski definition) is 6. The van der Waals surface area contributed by atoms with E-state index in [9.17, 15) is 31.1 Å². The standard InChI is InChI=1S/C23H16F6N4O3/c1-35-16-8-4-15(5-9-16)33-11-14-10-30-21(31-12-22(24,25)26)32-19(14)18(20(33)34)13-2-6-17(7-3-13)36-23(27,28)29/h2-11H,12H2,1H3,(H,31,32). The molecule has 1 N–H and O–H groups in total. The molecule has 13 heteroatoms. The van der Waals surface area contributed by atoms with Crippen molar-refractivity contribution < 1.29 is 35.8 Å². The van der Waals surface area contributed by atoms with E-state index in [2.05, 4.69) is 20.0 Å². The van der Waals surface area contributed by atoms with E-state index in [1.807, 2.05) is 0 Å². The number of rotatable bonds is 6. The lowest BCUT2D eigenvalue weighted by Crippen LogP contribution is -2.23. The van der Waals surface area contributed by atoms with Gasteiger partial charge < -0.3 is 14.8 Å². The molecule has 7 nitrogen and oxygen atoms in total. The van der Waals surface area contributed by atoms with E-state index in [1.165, 1.54) is 36.2 Å². The number of hydrogen-bond donors (Lipinski definition) is 1. The molecule has 36 heavy (non-hydrogen) atoms. The fourth-order valence-corrected chi connectivity index (χ4v) is 3.39. The molecule has 0 fully saturated rings. The van der Waals surface area contributed by atoms with Crippen molar-refractivity contribution in [3.63, 3.8) is 0 Å². The minimum Gasteiger partial charge on any atom is -0.497 e. The summed E-state index contributed by atoms with van der Waals surface area (Å²) in [7, 11) is 1.48. The first-order chi connectivity index (χ1) is 16.9. The van der Waals surface area contributed by atoms with Crippen LogP contribution in [0.1, 0.15) is 0 Å². The number of pyridine rings is 1. The van der Waals surface area contributed by atoms with Crippen molar-refractivity contribution >= 4 is 16.9 Å². The van der Waals surface area contributed by atoms with Gasteiger partial charge in [-0.2, -0.15) is 13.2 Å². The highest BCUT2D eigenvalue weighted by Gasteiger charge is 2.31. The second-order valence-corrected chi connectivity index (χ2v) is 7.42. The maximum absolute atomic E-state index is 13.5. The molecule has 0 radical (unpaired) electrons. The highest BCUT2D eigenvalue weighted by Crippen LogP contribution is 2.29. The summed E-state index contributed by atoms with van der Waals surface area (Å²) in [5, 5.41) is 2.35. The first-order valence-electron chi connectivity index (χ1n) is 10.2. The minimum absolute atomic E-state index is 0.00826. The number of nitrogens with zero attached hydrogens (tertiary/aromatic N) is 3. The van der Waals surface area contributed by atoms with Gasteiger partial charge in [0.2, 0.25) is 5.95 Å². The Labute approximate surface area is 198 Å². The third-order valence-corrected chi connectivity index (χ3v) is 4.93. The van der Waals surface area contributed by atoms with Gasteiger partial charge in [-0.3, -0.25) is 9.36 Å². The maximum atomic E-state index is 13.5. The average molecular weight is 510 g/mol. The van der Waals surface area contributed by atoms with Crippen molar-refractivity contribution in [2.45, 2.75) is 12.5 Å². The van der Waals surface area contributed by atoms with Crippen molar-refractivity contribution in [1.82, 2.24) is 14.5 Å². The zero-order valence-electron chi connectivity index (χ0n) is 18.3. The number of alkyl halides is 6. The lowest BCUT2D eigenvalue weighted by Gasteiger charge is -2.14. The summed E-state index contributed by atoms with van der Waals surface area (Å²) in [6.07, 6.45) is -6.79. The Morgan fingerprint density at radius 2 is 1.58 bits per heavy atom. The molecule has 0 saturated carbocycles. The number of ether oxygens (including phenoxy) is 2. The van der Waals surface area contributed by atoms with E-state index in [4.69, 9.17) is 4.74 Å². The molecule has 2 heterocycles. The van der Waals surface area contributed by atoms with Crippen LogP contribution in [-0.2, 0) is 0 Å². The van der Waals surface area contributed by atoms with Gasteiger partial charge in [-0.1, -0.05) is 12.1 Å². The van der Waals surface area contributed by atoms with Gasteiger partial charge in [0, 0.05) is 23.5 Å². The van der Waals surface area contributed by atoms with Crippen LogP contribution in [0.3, 0.4) is 0 Å². The normalized spacial score (nSPS) is 12.0. The molecule has 0 atom stereocenters. The van der Waals surface area contributed by atoms with Gasteiger partial charge in [0.15, 0.2) is 0 Å². The molecule has 0 aliphatic carbocycles. The van der Waals surface area contributed by atoms with Crippen LogP contribution in [0.15, 0.2) is 65.7 Å². The molecule has 0 unspecified atom stereocenters. The fraction of sp³-hybridized carbons (Fsp3) is 0.174. The Bertz CT molecular complexity index is 1430. The summed E-state index contributed by atoms with van der Waals surface area (Å²) in [4.78, 5) is 21.5. The highest BCUT2D eigenvalue weighted by molar-refractivity contribution is 5.93. The van der Waals surface area contributed by atoms with Gasteiger partial charge in [-0.05, 0) is 42.0 Å². The van der Waals surface area contributed by atoms with Crippen LogP contribution < -0.4 is 20.3 Å². The molecule has 0 bridgehead atoms. The number of halogens is 6. The van der Waals surface area contributed by atoms with E-state index in [0.29, 0.717) is 16.8 Å². The van der Waals surface area contributed by atoms with Gasteiger partial charge in [0.05, 0.1) is 18.2 Å². The van der Waals surface area contributed by atoms with E-state index in [1.54, 1.807) is 24.3 Å². The highest BCUT2D eigenvalue weighted by atomic mass is 19.4. The first kappa shape index (κ1) is 24.8. The minimum atomic E-state index is -4.91. The zero-order valence-corrected chi connectivity index (χ0v) is 18.3. The van der Waals surface area contributed by atoms with Crippen molar-refractivity contribution in [3.8, 4) is 28.3 Å². The summed E-state index contributed by atoms with van der Waals surface area (Å²) in [5.41, 5.74) is -0.0611. The number of methoxy groups -OCH3 is 1. The second-order valence-electron chi connectivity index (χ2n) is 7.42. The molecule has 0 amide bonds. The van der Waals surface area contributed by atoms with E-state index in [0.717, 1.165) is 12.1 Å². The topological polar surface area (TPSA) is 78.3 Å². The van der Waals surface area contributed by atoms with Crippen LogP contribution in [0.25, 0.3) is 27.7 Å². The smallest absolute Gasteiger partial charge is 0.497 e. The van der Waals surface area contributed by atoms with Gasteiger partial charge in [-0.15, -0.1) is 13.2 Å². The number of nitrogens with one attached hydrogen (secondary N) is 1. The summed E-state index contributed by atoms with van der Waals surface area (Å²) in [6, 6.07) is 10.9. The van der Waals surface area contributed by atoms with E-state index < -0.39 is 30.4 Å². The maximum Gasteiger partial charge on any atom is 0.573 e. The monoisotopic (exact) mass is 510 g/mol. The first-order valence-corrected chi connectivity index (χ1v) is 10.2. The predicted octanol–water partition coefficient (Wildman–Crippen LogP) is 5.33. The van der Waals surface area contributed by atoms with Gasteiger partial charge in [-0.25, -0.2) is 9.97 Å². The van der Waals surface area contributed by atoms with Crippen LogP contribution >= 0.6 is 0 Å². The Morgan fingerprint density at radius 1 is 0.944 bits per heavy atom. The predicted molar refractivity (Wildman–Crippen MR) is 118 cm³/mol. The van der Waals surface area contributed by atoms with Crippen molar-refractivity contribution in [2.24, 2.45) is 0 Å². The van der Waals surface area contributed by atoms with Crippen LogP contribution in [-0.4, -0.2) is 40.7 Å². The van der Waals surface area contributed by atoms with Crippen LogP contribution in [0.2, 0.25) is 0 Å². The number of benzene rings is 2.